The van der Waals surface area contributed by atoms with Crippen LogP contribution >= 0.6 is 0 Å². The second-order valence-corrected chi connectivity index (χ2v) is 2.76. The van der Waals surface area contributed by atoms with E-state index < -0.39 is 0 Å². The van der Waals surface area contributed by atoms with E-state index in [1.165, 1.54) is 11.4 Å². The van der Waals surface area contributed by atoms with Gasteiger partial charge in [-0.05, 0) is 13.0 Å². The van der Waals surface area contributed by atoms with Gasteiger partial charge in [-0.1, -0.05) is 6.92 Å². The maximum atomic E-state index is 2.35. The van der Waals surface area contributed by atoms with Crippen LogP contribution in [0.15, 0.2) is 18.2 Å². The largest absolute Gasteiger partial charge is 0.200 e. The molecule has 1 heterocycles. The minimum absolute atomic E-state index is 1.08. The lowest BCUT2D eigenvalue weighted by atomic mass is 10.2. The zero-order chi connectivity index (χ0) is 8.27. The van der Waals surface area contributed by atoms with Crippen molar-refractivity contribution in [3.05, 3.63) is 29.6 Å². The first-order valence-corrected chi connectivity index (χ1v) is 4.28. The molecule has 0 aliphatic carbocycles. The van der Waals surface area contributed by atoms with Crippen molar-refractivity contribution < 1.29 is 4.57 Å². The molecule has 0 amide bonds. The third-order valence-electron chi connectivity index (χ3n) is 2.08. The molecule has 0 aliphatic heterocycles. The van der Waals surface area contributed by atoms with Gasteiger partial charge in [0.05, 0.1) is 0 Å². The molecule has 1 aromatic heterocycles. The Bertz CT molecular complexity index is 241. The molecule has 0 unspecified atom stereocenters. The molecule has 0 atom stereocenters. The Labute approximate surface area is 68.7 Å². The summed E-state index contributed by atoms with van der Waals surface area (Å²) in [7, 11) is 0. The highest BCUT2D eigenvalue weighted by atomic mass is 15.0. The Hall–Kier alpha value is -0.850. The zero-order valence-electron chi connectivity index (χ0n) is 7.59. The fourth-order valence-electron chi connectivity index (χ4n) is 1.47. The predicted octanol–water partition coefficient (Wildman–Crippen LogP) is 1.86. The first kappa shape index (κ1) is 8.25. The molecule has 1 nitrogen and oxygen atoms in total. The number of nitrogens with zero attached hydrogens (tertiary/aromatic N) is 1. The van der Waals surface area contributed by atoms with E-state index in [4.69, 9.17) is 0 Å². The molecule has 0 aliphatic rings. The highest BCUT2D eigenvalue weighted by Crippen LogP contribution is 1.96. The summed E-state index contributed by atoms with van der Waals surface area (Å²) >= 11 is 0. The maximum absolute atomic E-state index is 2.35. The Morgan fingerprint density at radius 3 is 2.45 bits per heavy atom. The van der Waals surface area contributed by atoms with E-state index in [1.54, 1.807) is 0 Å². The minimum atomic E-state index is 1.08. The first-order valence-electron chi connectivity index (χ1n) is 4.28. The molecule has 1 aromatic rings. The first-order chi connectivity index (χ1) is 5.29. The van der Waals surface area contributed by atoms with Gasteiger partial charge in [0.15, 0.2) is 11.4 Å². The molecule has 11 heavy (non-hydrogen) atoms. The Kier molecular flexibility index (Phi) is 2.64. The van der Waals surface area contributed by atoms with E-state index in [2.05, 4.69) is 43.5 Å². The third-order valence-corrected chi connectivity index (χ3v) is 2.08. The summed E-state index contributed by atoms with van der Waals surface area (Å²) in [6.07, 6.45) is 1.12. The lowest BCUT2D eigenvalue weighted by Gasteiger charge is -2.01. The molecule has 0 bridgehead atoms. The molecule has 0 radical (unpaired) electrons. The summed E-state index contributed by atoms with van der Waals surface area (Å²) in [6, 6.07) is 6.47. The predicted molar refractivity (Wildman–Crippen MR) is 46.4 cm³/mol. The van der Waals surface area contributed by atoms with Crippen LogP contribution in [0.25, 0.3) is 0 Å². The van der Waals surface area contributed by atoms with Crippen LogP contribution in [0, 0.1) is 6.92 Å². The van der Waals surface area contributed by atoms with E-state index in [9.17, 15) is 0 Å². The Morgan fingerprint density at radius 1 is 1.27 bits per heavy atom. The van der Waals surface area contributed by atoms with Crippen LogP contribution < -0.4 is 4.57 Å². The molecule has 0 saturated carbocycles. The highest BCUT2D eigenvalue weighted by molar-refractivity contribution is 5.02. The van der Waals surface area contributed by atoms with Crippen LogP contribution in [0.2, 0.25) is 0 Å². The summed E-state index contributed by atoms with van der Waals surface area (Å²) in [6.45, 7) is 7.62. The van der Waals surface area contributed by atoms with Crippen molar-refractivity contribution in [1.82, 2.24) is 0 Å². The van der Waals surface area contributed by atoms with Gasteiger partial charge >= 0.3 is 0 Å². The standard InChI is InChI=1S/C10H16N/c1-4-10-8-6-7-9(3)11(10)5-2/h6-8H,4-5H2,1-3H3/q+1. The number of pyridine rings is 1. The van der Waals surface area contributed by atoms with Crippen molar-refractivity contribution in [2.24, 2.45) is 0 Å². The third kappa shape index (κ3) is 1.59. The van der Waals surface area contributed by atoms with E-state index in [0.717, 1.165) is 13.0 Å². The zero-order valence-corrected chi connectivity index (χ0v) is 7.59. The number of aryl methyl sites for hydroxylation is 2. The molecule has 1 rings (SSSR count). The van der Waals surface area contributed by atoms with Gasteiger partial charge in [-0.2, -0.15) is 0 Å². The van der Waals surface area contributed by atoms with Gasteiger partial charge in [0.25, 0.3) is 0 Å². The number of hydrogen-bond donors (Lipinski definition) is 0. The van der Waals surface area contributed by atoms with E-state index in [1.807, 2.05) is 0 Å². The SMILES string of the molecule is CCc1cccc(C)[n+]1CC. The maximum Gasteiger partial charge on any atom is 0.181 e. The summed E-state index contributed by atoms with van der Waals surface area (Å²) < 4.78 is 2.35. The summed E-state index contributed by atoms with van der Waals surface area (Å²) in [5.74, 6) is 0. The van der Waals surface area contributed by atoms with Crippen LogP contribution in [-0.4, -0.2) is 0 Å². The summed E-state index contributed by atoms with van der Waals surface area (Å²) in [5.41, 5.74) is 2.78. The van der Waals surface area contributed by atoms with Crippen molar-refractivity contribution in [2.75, 3.05) is 0 Å². The van der Waals surface area contributed by atoms with Gasteiger partial charge in [0.2, 0.25) is 0 Å². The summed E-state index contributed by atoms with van der Waals surface area (Å²) in [4.78, 5) is 0. The van der Waals surface area contributed by atoms with Gasteiger partial charge in [0.1, 0.15) is 6.54 Å². The lowest BCUT2D eigenvalue weighted by molar-refractivity contribution is -0.706. The van der Waals surface area contributed by atoms with E-state index >= 15 is 0 Å². The van der Waals surface area contributed by atoms with Crippen LogP contribution in [-0.2, 0) is 13.0 Å². The average molecular weight is 150 g/mol. The van der Waals surface area contributed by atoms with E-state index in [0.29, 0.717) is 0 Å². The van der Waals surface area contributed by atoms with Gasteiger partial charge < -0.3 is 0 Å². The molecule has 0 aromatic carbocycles. The average Bonchev–Trinajstić information content (AvgIpc) is 2.04. The van der Waals surface area contributed by atoms with Gasteiger partial charge in [-0.3, -0.25) is 0 Å². The Balaban J connectivity index is 3.13. The number of aromatic nitrogens is 1. The molecule has 60 valence electrons. The monoisotopic (exact) mass is 150 g/mol. The van der Waals surface area contributed by atoms with Crippen molar-refractivity contribution in [3.63, 3.8) is 0 Å². The second kappa shape index (κ2) is 3.51. The van der Waals surface area contributed by atoms with Crippen molar-refractivity contribution >= 4 is 0 Å². The van der Waals surface area contributed by atoms with Crippen molar-refractivity contribution in [3.8, 4) is 0 Å². The van der Waals surface area contributed by atoms with Crippen LogP contribution in [0.5, 0.6) is 0 Å². The lowest BCUT2D eigenvalue weighted by Crippen LogP contribution is -2.39. The minimum Gasteiger partial charge on any atom is -0.200 e. The van der Waals surface area contributed by atoms with Crippen LogP contribution in [0.4, 0.5) is 0 Å². The molecular formula is C10H16N+. The second-order valence-electron chi connectivity index (χ2n) is 2.76. The smallest absolute Gasteiger partial charge is 0.181 e. The van der Waals surface area contributed by atoms with Gasteiger partial charge in [-0.15, -0.1) is 0 Å². The highest BCUT2D eigenvalue weighted by Gasteiger charge is 2.07. The van der Waals surface area contributed by atoms with Crippen molar-refractivity contribution in [1.29, 1.82) is 0 Å². The van der Waals surface area contributed by atoms with E-state index in [-0.39, 0.29) is 0 Å². The summed E-state index contributed by atoms with van der Waals surface area (Å²) in [5, 5.41) is 0. The fourth-order valence-corrected chi connectivity index (χ4v) is 1.47. The molecular weight excluding hydrogens is 134 g/mol. The molecule has 0 spiro atoms. The normalized spacial score (nSPS) is 10.1. The molecule has 0 N–H and O–H groups in total. The Morgan fingerprint density at radius 2 is 2.00 bits per heavy atom. The number of hydrogen-bond acceptors (Lipinski definition) is 0. The fraction of sp³-hybridized carbons (Fsp3) is 0.500. The van der Waals surface area contributed by atoms with Gasteiger partial charge in [0, 0.05) is 25.5 Å². The molecule has 0 fully saturated rings. The van der Waals surface area contributed by atoms with Crippen LogP contribution in [0.1, 0.15) is 25.2 Å². The van der Waals surface area contributed by atoms with Crippen molar-refractivity contribution in [2.45, 2.75) is 33.7 Å². The van der Waals surface area contributed by atoms with Crippen LogP contribution in [0.3, 0.4) is 0 Å². The van der Waals surface area contributed by atoms with Gasteiger partial charge in [-0.25, -0.2) is 4.57 Å². The quantitative estimate of drug-likeness (QED) is 0.567. The topological polar surface area (TPSA) is 3.88 Å². The molecule has 1 heteroatoms. The number of rotatable bonds is 2. The molecule has 0 saturated heterocycles.